The summed E-state index contributed by atoms with van der Waals surface area (Å²) in [6.07, 6.45) is 7.48. The predicted octanol–water partition coefficient (Wildman–Crippen LogP) is 2.52. The standard InChI is InChI=1S/C10H21.C4H6O7S.K/c1-4-7-8-9-10(5-2)6-3;5-3(6)1-2(4(7)8)12(9,10)11;/h4-9H2,1-3H3;2H,1H2,(H,5,6)(H,7,8)(H,9,10,11);. The number of hydrogen-bond acceptors (Lipinski definition) is 4. The molecular formula is C14H27KO7S. The molecule has 0 saturated heterocycles. The Morgan fingerprint density at radius 2 is 1.57 bits per heavy atom. The van der Waals surface area contributed by atoms with Crippen molar-refractivity contribution in [1.29, 1.82) is 0 Å². The van der Waals surface area contributed by atoms with Crippen LogP contribution in [0.2, 0.25) is -0.490 Å². The topological polar surface area (TPSA) is 129 Å². The molecule has 3 N–H and O–H groups in total. The van der Waals surface area contributed by atoms with E-state index in [1.807, 2.05) is 0 Å². The molecule has 0 aliphatic carbocycles. The minimum atomic E-state index is -4.84. The van der Waals surface area contributed by atoms with Gasteiger partial charge in [-0.2, -0.15) is 8.42 Å². The van der Waals surface area contributed by atoms with E-state index in [1.165, 1.54) is 38.5 Å². The molecule has 0 amide bonds. The number of carbonyl (C=O) groups is 2. The van der Waals surface area contributed by atoms with Gasteiger partial charge in [0.25, 0.3) is 10.1 Å². The summed E-state index contributed by atoms with van der Waals surface area (Å²) in [7, 11) is -4.84. The maximum Gasteiger partial charge on any atom is 0.325 e. The Labute approximate surface area is 172 Å². The van der Waals surface area contributed by atoms with Crippen molar-refractivity contribution in [3.05, 3.63) is 0 Å². The van der Waals surface area contributed by atoms with Gasteiger partial charge in [-0.15, -0.1) is 0 Å². The number of unbranched alkanes of at least 4 members (excludes halogenated alkanes) is 2. The average Bonchev–Trinajstić information content (AvgIpc) is 2.44. The van der Waals surface area contributed by atoms with Gasteiger partial charge in [-0.3, -0.25) is 14.1 Å². The van der Waals surface area contributed by atoms with Gasteiger partial charge in [0.05, 0.1) is 6.42 Å². The SMILES string of the molecule is CCCCC[C]([K])(CC)CC.O=C(O)CC(C(=O)O)S(=O)(=O)O. The fraction of sp³-hybridized carbons (Fsp3) is 0.857. The van der Waals surface area contributed by atoms with E-state index in [1.54, 1.807) is 0 Å². The largest absolute Gasteiger partial charge is 0.481 e. The summed E-state index contributed by atoms with van der Waals surface area (Å²) in [6.45, 7) is 7.01. The first-order valence-electron chi connectivity index (χ1n) is 7.84. The van der Waals surface area contributed by atoms with Gasteiger partial charge in [0, 0.05) is 0 Å². The van der Waals surface area contributed by atoms with Gasteiger partial charge >= 0.3 is 120 Å². The Hall–Kier alpha value is 0.486. The second-order valence-electron chi connectivity index (χ2n) is 5.91. The van der Waals surface area contributed by atoms with Gasteiger partial charge in [-0.25, -0.2) is 0 Å². The summed E-state index contributed by atoms with van der Waals surface area (Å²) in [5, 5.41) is 13.9. The molecule has 0 aliphatic rings. The van der Waals surface area contributed by atoms with E-state index in [-0.39, 0.29) is 0 Å². The molecule has 0 rings (SSSR count). The first-order valence-corrected chi connectivity index (χ1v) is 10.9. The van der Waals surface area contributed by atoms with Crippen LogP contribution in [0, 0.1) is 0 Å². The fourth-order valence-corrected chi connectivity index (χ4v) is 3.04. The summed E-state index contributed by atoms with van der Waals surface area (Å²) < 4.78 is 29.5. The Morgan fingerprint density at radius 3 is 1.78 bits per heavy atom. The van der Waals surface area contributed by atoms with Crippen molar-refractivity contribution < 1.29 is 32.8 Å². The molecule has 0 fully saturated rings. The van der Waals surface area contributed by atoms with E-state index in [9.17, 15) is 18.0 Å². The predicted molar refractivity (Wildman–Crippen MR) is 88.4 cm³/mol. The Kier molecular flexibility index (Phi) is 14.3. The molecule has 0 heterocycles. The normalized spacial score (nSPS) is 13.0. The van der Waals surface area contributed by atoms with E-state index in [0.717, 1.165) is 48.5 Å². The third-order valence-corrected chi connectivity index (χ3v) is 8.16. The summed E-state index contributed by atoms with van der Waals surface area (Å²) >= 11 is 1.03. The second kappa shape index (κ2) is 12.8. The first-order chi connectivity index (χ1) is 10.4. The van der Waals surface area contributed by atoms with Gasteiger partial charge in [0.15, 0.2) is 5.25 Å². The maximum atomic E-state index is 10.2. The molecule has 132 valence electrons. The smallest absolute Gasteiger partial charge is 0.325 e. The maximum absolute atomic E-state index is 10.2. The molecule has 0 spiro atoms. The third kappa shape index (κ3) is 13.5. The Morgan fingerprint density at radius 1 is 1.09 bits per heavy atom. The Balaban J connectivity index is 0. The van der Waals surface area contributed by atoms with Crippen molar-refractivity contribution >= 4 is 71.0 Å². The molecule has 0 radical (unpaired) electrons. The van der Waals surface area contributed by atoms with Crippen LogP contribution in [0.25, 0.3) is 0 Å². The quantitative estimate of drug-likeness (QED) is 0.302. The monoisotopic (exact) mass is 378 g/mol. The number of carboxylic acid groups (broad SMARTS) is 2. The molecule has 0 aliphatic heterocycles. The van der Waals surface area contributed by atoms with Crippen molar-refractivity contribution in [2.75, 3.05) is 0 Å². The van der Waals surface area contributed by atoms with Crippen LogP contribution in [0.3, 0.4) is 0 Å². The van der Waals surface area contributed by atoms with Crippen LogP contribution in [0.4, 0.5) is 0 Å². The number of hydrogen-bond donors (Lipinski definition) is 3. The minimum absolute atomic E-state index is 0.822. The molecule has 0 bridgehead atoms. The van der Waals surface area contributed by atoms with Crippen molar-refractivity contribution in [2.24, 2.45) is 0 Å². The summed E-state index contributed by atoms with van der Waals surface area (Å²) in [5.41, 5.74) is 0. The van der Waals surface area contributed by atoms with Crippen molar-refractivity contribution in [3.63, 3.8) is 0 Å². The second-order valence-corrected chi connectivity index (χ2v) is 10.8. The van der Waals surface area contributed by atoms with Crippen LogP contribution in [0.1, 0.15) is 65.7 Å². The van der Waals surface area contributed by atoms with E-state index in [4.69, 9.17) is 14.8 Å². The number of rotatable bonds is 10. The van der Waals surface area contributed by atoms with Crippen molar-refractivity contribution in [3.8, 4) is 0 Å². The van der Waals surface area contributed by atoms with Gasteiger partial charge in [-0.1, -0.05) is 0 Å². The molecular weight excluding hydrogens is 351 g/mol. The molecule has 0 aromatic heterocycles. The number of carboxylic acids is 2. The van der Waals surface area contributed by atoms with Gasteiger partial charge < -0.3 is 10.2 Å². The van der Waals surface area contributed by atoms with Gasteiger partial charge in [0.1, 0.15) is 0 Å². The van der Waals surface area contributed by atoms with Crippen LogP contribution in [0.5, 0.6) is 0 Å². The zero-order valence-electron chi connectivity index (χ0n) is 14.4. The summed E-state index contributed by atoms with van der Waals surface area (Å²) in [5.74, 6) is -3.50. The van der Waals surface area contributed by atoms with Crippen LogP contribution in [0.15, 0.2) is 0 Å². The summed E-state index contributed by atoms with van der Waals surface area (Å²) in [4.78, 5) is 20.0. The van der Waals surface area contributed by atoms with Crippen LogP contribution in [-0.2, 0) is 19.7 Å². The minimum Gasteiger partial charge on any atom is -0.481 e. The van der Waals surface area contributed by atoms with Crippen LogP contribution < -0.4 is 0 Å². The van der Waals surface area contributed by atoms with Gasteiger partial charge in [-0.05, 0) is 0 Å². The molecule has 9 heteroatoms. The van der Waals surface area contributed by atoms with E-state index in [2.05, 4.69) is 20.8 Å². The van der Waals surface area contributed by atoms with E-state index in [0.29, 0.717) is 0 Å². The van der Waals surface area contributed by atoms with Crippen LogP contribution in [-0.4, -0.2) is 89.3 Å². The third-order valence-electron chi connectivity index (χ3n) is 4.09. The molecule has 0 aromatic carbocycles. The molecule has 0 aromatic rings. The number of aliphatic carboxylic acids is 2. The zero-order chi connectivity index (χ0) is 18.7. The van der Waals surface area contributed by atoms with Crippen LogP contribution >= 0.6 is 0 Å². The van der Waals surface area contributed by atoms with Crippen molar-refractivity contribution in [2.45, 2.75) is 70.5 Å². The van der Waals surface area contributed by atoms with Crippen molar-refractivity contribution in [1.82, 2.24) is 0 Å². The zero-order valence-corrected chi connectivity index (χ0v) is 18.3. The molecule has 0 saturated carbocycles. The van der Waals surface area contributed by atoms with E-state index < -0.39 is 33.7 Å². The van der Waals surface area contributed by atoms with E-state index >= 15 is 0 Å². The summed E-state index contributed by atoms with van der Waals surface area (Å²) in [6, 6.07) is 0. The average molecular weight is 379 g/mol. The van der Waals surface area contributed by atoms with Gasteiger partial charge in [0.2, 0.25) is 0 Å². The molecule has 1 unspecified atom stereocenters. The molecule has 7 nitrogen and oxygen atoms in total. The molecule has 23 heavy (non-hydrogen) atoms. The first kappa shape index (κ1) is 25.7. The Bertz CT molecular complexity index is 458. The fourth-order valence-electron chi connectivity index (χ4n) is 1.88. The molecule has 1 atom stereocenters.